The van der Waals surface area contributed by atoms with Crippen molar-refractivity contribution in [2.75, 3.05) is 14.1 Å². The molecular weight excluding hydrogens is 352 g/mol. The van der Waals surface area contributed by atoms with Crippen molar-refractivity contribution in [1.82, 2.24) is 25.1 Å². The Morgan fingerprint density at radius 3 is 2.27 bits per heavy atom. The molecule has 3 N–H and O–H groups in total. The molecule has 0 amide bonds. The summed E-state index contributed by atoms with van der Waals surface area (Å²) in [6.45, 7) is 5.18. The maximum Gasteiger partial charge on any atom is 0.240 e. The quantitative estimate of drug-likeness (QED) is 0.510. The lowest BCUT2D eigenvalue weighted by Crippen LogP contribution is -2.36. The monoisotopic (exact) mass is 378 g/mol. The molecule has 1 aromatic carbocycles. The van der Waals surface area contributed by atoms with E-state index in [2.05, 4.69) is 25.4 Å². The second-order valence-electron chi connectivity index (χ2n) is 5.90. The topological polar surface area (TPSA) is 100 Å². The van der Waals surface area contributed by atoms with E-state index in [1.54, 1.807) is 31.3 Å². The van der Waals surface area contributed by atoms with Crippen LogP contribution in [0.3, 0.4) is 0 Å². The Labute approximate surface area is 154 Å². The molecular formula is C17H26N6O2S. The lowest BCUT2D eigenvalue weighted by Gasteiger charge is -2.12. The number of sulfonamides is 1. The molecule has 0 fully saturated rings. The molecule has 0 saturated heterocycles. The molecule has 1 aromatic heterocycles. The maximum absolute atomic E-state index is 11.7. The van der Waals surface area contributed by atoms with E-state index < -0.39 is 10.0 Å². The fourth-order valence-electron chi connectivity index (χ4n) is 2.56. The molecule has 0 saturated carbocycles. The van der Waals surface area contributed by atoms with Crippen LogP contribution in [0.1, 0.15) is 22.5 Å². The Balaban J connectivity index is 1.95. The van der Waals surface area contributed by atoms with Crippen molar-refractivity contribution >= 4 is 16.0 Å². The number of hydrogen-bond donors (Lipinski definition) is 3. The molecule has 2 rings (SSSR count). The van der Waals surface area contributed by atoms with Gasteiger partial charge in [-0.25, -0.2) is 13.1 Å². The van der Waals surface area contributed by atoms with E-state index in [0.29, 0.717) is 19.0 Å². The molecule has 9 heteroatoms. The average molecular weight is 379 g/mol. The highest BCUT2D eigenvalue weighted by Gasteiger charge is 2.11. The number of hydrogen-bond acceptors (Lipinski definition) is 4. The van der Waals surface area contributed by atoms with E-state index in [1.165, 1.54) is 7.05 Å². The Morgan fingerprint density at radius 1 is 1.15 bits per heavy atom. The van der Waals surface area contributed by atoms with Crippen LogP contribution < -0.4 is 15.4 Å². The summed E-state index contributed by atoms with van der Waals surface area (Å²) in [5, 5.41) is 10.9. The molecule has 8 nitrogen and oxygen atoms in total. The fraction of sp³-hybridized carbons (Fsp3) is 0.412. The molecule has 1 heterocycles. The van der Waals surface area contributed by atoms with Gasteiger partial charge in [-0.3, -0.25) is 9.67 Å². The molecule has 0 unspecified atom stereocenters. The zero-order valence-electron chi connectivity index (χ0n) is 15.8. The van der Waals surface area contributed by atoms with E-state index in [4.69, 9.17) is 0 Å². The van der Waals surface area contributed by atoms with Gasteiger partial charge in [-0.1, -0.05) is 12.1 Å². The number of guanidine groups is 1. The second-order valence-corrected chi connectivity index (χ2v) is 7.79. The summed E-state index contributed by atoms with van der Waals surface area (Å²) in [7, 11) is 1.62. The van der Waals surface area contributed by atoms with E-state index in [9.17, 15) is 8.42 Å². The fourth-order valence-corrected chi connectivity index (χ4v) is 3.29. The second kappa shape index (κ2) is 8.33. The third kappa shape index (κ3) is 4.61. The van der Waals surface area contributed by atoms with Crippen LogP contribution in [0.15, 0.2) is 34.2 Å². The molecule has 26 heavy (non-hydrogen) atoms. The van der Waals surface area contributed by atoms with Gasteiger partial charge < -0.3 is 10.6 Å². The van der Waals surface area contributed by atoms with Crippen LogP contribution in [0.4, 0.5) is 0 Å². The van der Waals surface area contributed by atoms with Crippen LogP contribution in [0.5, 0.6) is 0 Å². The van der Waals surface area contributed by atoms with Crippen molar-refractivity contribution in [3.05, 3.63) is 46.8 Å². The zero-order valence-corrected chi connectivity index (χ0v) is 16.6. The van der Waals surface area contributed by atoms with Gasteiger partial charge in [0, 0.05) is 38.4 Å². The Kier molecular flexibility index (Phi) is 6.38. The van der Waals surface area contributed by atoms with Crippen molar-refractivity contribution in [2.24, 2.45) is 12.0 Å². The van der Waals surface area contributed by atoms with Crippen molar-refractivity contribution in [3.63, 3.8) is 0 Å². The molecule has 0 aliphatic heterocycles. The first kappa shape index (κ1) is 19.9. The molecule has 0 atom stereocenters. The van der Waals surface area contributed by atoms with Crippen LogP contribution in [0, 0.1) is 13.8 Å². The van der Waals surface area contributed by atoms with E-state index in [1.807, 2.05) is 25.6 Å². The van der Waals surface area contributed by atoms with Crippen molar-refractivity contribution in [1.29, 1.82) is 0 Å². The Bertz CT molecular complexity index is 885. The number of aryl methyl sites for hydroxylation is 2. The summed E-state index contributed by atoms with van der Waals surface area (Å²) in [4.78, 5) is 4.46. The summed E-state index contributed by atoms with van der Waals surface area (Å²) in [6, 6.07) is 6.72. The highest BCUT2D eigenvalue weighted by atomic mass is 32.2. The normalized spacial score (nSPS) is 12.3. The van der Waals surface area contributed by atoms with Crippen LogP contribution in [0.2, 0.25) is 0 Å². The van der Waals surface area contributed by atoms with E-state index in [0.717, 1.165) is 22.5 Å². The van der Waals surface area contributed by atoms with Crippen LogP contribution >= 0.6 is 0 Å². The third-order valence-electron chi connectivity index (χ3n) is 4.28. The summed E-state index contributed by atoms with van der Waals surface area (Å²) in [5.41, 5.74) is 4.22. The van der Waals surface area contributed by atoms with Crippen LogP contribution in [-0.4, -0.2) is 38.3 Å². The van der Waals surface area contributed by atoms with Crippen molar-refractivity contribution < 1.29 is 8.42 Å². The number of nitrogens with zero attached hydrogens (tertiary/aromatic N) is 3. The minimum atomic E-state index is -3.41. The van der Waals surface area contributed by atoms with E-state index in [-0.39, 0.29) is 4.90 Å². The summed E-state index contributed by atoms with van der Waals surface area (Å²) >= 11 is 0. The molecule has 0 aliphatic carbocycles. The van der Waals surface area contributed by atoms with Crippen molar-refractivity contribution in [3.8, 4) is 0 Å². The lowest BCUT2D eigenvalue weighted by atomic mass is 10.2. The van der Waals surface area contributed by atoms with Gasteiger partial charge in [0.1, 0.15) is 0 Å². The Hall–Kier alpha value is -2.39. The predicted octanol–water partition coefficient (Wildman–Crippen LogP) is 0.810. The highest BCUT2D eigenvalue weighted by molar-refractivity contribution is 7.89. The zero-order chi connectivity index (χ0) is 19.3. The van der Waals surface area contributed by atoms with Gasteiger partial charge in [0.2, 0.25) is 10.0 Å². The van der Waals surface area contributed by atoms with Crippen LogP contribution in [-0.2, 0) is 30.2 Å². The summed E-state index contributed by atoms with van der Waals surface area (Å²) in [6.07, 6.45) is 0. The molecule has 0 bridgehead atoms. The number of aliphatic imine (C=N–C) groups is 1. The largest absolute Gasteiger partial charge is 0.352 e. The van der Waals surface area contributed by atoms with Gasteiger partial charge >= 0.3 is 0 Å². The first-order chi connectivity index (χ1) is 12.3. The molecule has 142 valence electrons. The SMILES string of the molecule is CN=C(NCc1ccc(S(=O)(=O)NC)cc1)NCc1c(C)nn(C)c1C. The summed E-state index contributed by atoms with van der Waals surface area (Å²) in [5.74, 6) is 0.666. The van der Waals surface area contributed by atoms with Gasteiger partial charge in [-0.05, 0) is 38.6 Å². The molecule has 2 aromatic rings. The minimum absolute atomic E-state index is 0.244. The highest BCUT2D eigenvalue weighted by Crippen LogP contribution is 2.11. The van der Waals surface area contributed by atoms with Crippen molar-refractivity contribution in [2.45, 2.75) is 31.8 Å². The molecule has 0 radical (unpaired) electrons. The minimum Gasteiger partial charge on any atom is -0.352 e. The Morgan fingerprint density at radius 2 is 1.77 bits per heavy atom. The number of aromatic nitrogens is 2. The third-order valence-corrected chi connectivity index (χ3v) is 5.71. The van der Waals surface area contributed by atoms with Gasteiger partial charge in [-0.2, -0.15) is 5.10 Å². The number of rotatable bonds is 6. The van der Waals surface area contributed by atoms with Gasteiger partial charge in [0.25, 0.3) is 0 Å². The first-order valence-electron chi connectivity index (χ1n) is 8.24. The number of benzene rings is 1. The average Bonchev–Trinajstić information content (AvgIpc) is 2.87. The van der Waals surface area contributed by atoms with Gasteiger partial charge in [0.05, 0.1) is 10.6 Å². The molecule has 0 aliphatic rings. The first-order valence-corrected chi connectivity index (χ1v) is 9.73. The van der Waals surface area contributed by atoms with Crippen LogP contribution in [0.25, 0.3) is 0 Å². The predicted molar refractivity (Wildman–Crippen MR) is 102 cm³/mol. The van der Waals surface area contributed by atoms with Gasteiger partial charge in [0.15, 0.2) is 5.96 Å². The van der Waals surface area contributed by atoms with Gasteiger partial charge in [-0.15, -0.1) is 0 Å². The maximum atomic E-state index is 11.7. The lowest BCUT2D eigenvalue weighted by molar-refractivity contribution is 0.588. The standard InChI is InChI=1S/C17H26N6O2S/c1-12-16(13(2)23(5)22-12)11-21-17(18-3)20-10-14-6-8-15(9-7-14)26(24,25)19-4/h6-9,19H,10-11H2,1-5H3,(H2,18,20,21). The van der Waals surface area contributed by atoms with E-state index >= 15 is 0 Å². The smallest absolute Gasteiger partial charge is 0.240 e. The summed E-state index contributed by atoms with van der Waals surface area (Å²) < 4.78 is 27.6. The molecule has 0 spiro atoms. The number of nitrogens with one attached hydrogen (secondary N) is 3.